The Bertz CT molecular complexity index is 1190. The van der Waals surface area contributed by atoms with Crippen molar-refractivity contribution in [2.75, 3.05) is 14.2 Å². The Labute approximate surface area is 310 Å². The molecule has 18 atom stereocenters. The van der Waals surface area contributed by atoms with E-state index < -0.39 is 102 Å². The number of cyclic esters (lactones) is 1. The van der Waals surface area contributed by atoms with E-state index in [4.69, 9.17) is 28.4 Å². The van der Waals surface area contributed by atoms with Gasteiger partial charge in [0, 0.05) is 51.8 Å². The van der Waals surface area contributed by atoms with Gasteiger partial charge in [0.2, 0.25) is 5.91 Å². The van der Waals surface area contributed by atoms with E-state index in [0.29, 0.717) is 12.8 Å². The molecule has 7 unspecified atom stereocenters. The molecule has 3 aliphatic heterocycles. The molecule has 14 heteroatoms. The maximum atomic E-state index is 14.1. The predicted octanol–water partition coefficient (Wildman–Crippen LogP) is 2.52. The van der Waals surface area contributed by atoms with Crippen LogP contribution in [0, 0.1) is 23.7 Å². The van der Waals surface area contributed by atoms with E-state index in [2.05, 4.69) is 0 Å². The highest BCUT2D eigenvalue weighted by atomic mass is 16.7. The molecule has 3 heterocycles. The molecule has 0 aliphatic carbocycles. The first-order chi connectivity index (χ1) is 23.9. The molecule has 3 fully saturated rings. The second-order valence-electron chi connectivity index (χ2n) is 16.8. The van der Waals surface area contributed by atoms with Crippen molar-refractivity contribution in [3.8, 4) is 0 Å². The topological polar surface area (TPSA) is 194 Å². The summed E-state index contributed by atoms with van der Waals surface area (Å²) < 4.78 is 37.4. The van der Waals surface area contributed by atoms with Crippen LogP contribution in [0.5, 0.6) is 0 Å². The Kier molecular flexibility index (Phi) is 15.2. The molecule has 52 heavy (non-hydrogen) atoms. The summed E-state index contributed by atoms with van der Waals surface area (Å²) in [6.45, 7) is 18.3. The number of aliphatic hydroxyl groups excluding tert-OH is 3. The van der Waals surface area contributed by atoms with Crippen LogP contribution in [-0.4, -0.2) is 141 Å². The molecule has 1 amide bonds. The summed E-state index contributed by atoms with van der Waals surface area (Å²) in [4.78, 5) is 28.1. The maximum absolute atomic E-state index is 14.1. The molecule has 3 aliphatic rings. The van der Waals surface area contributed by atoms with Gasteiger partial charge in [0.15, 0.2) is 12.6 Å². The zero-order valence-corrected chi connectivity index (χ0v) is 33.6. The number of amides is 1. The van der Waals surface area contributed by atoms with Crippen molar-refractivity contribution < 1.29 is 63.5 Å². The Morgan fingerprint density at radius 2 is 1.52 bits per heavy atom. The van der Waals surface area contributed by atoms with Gasteiger partial charge in [-0.1, -0.05) is 27.7 Å². The number of esters is 1. The molecule has 0 aromatic rings. The van der Waals surface area contributed by atoms with Gasteiger partial charge in [-0.15, -0.1) is 0 Å². The summed E-state index contributed by atoms with van der Waals surface area (Å²) >= 11 is 0. The van der Waals surface area contributed by atoms with Gasteiger partial charge in [-0.2, -0.15) is 0 Å². The lowest BCUT2D eigenvalue weighted by molar-refractivity contribution is -0.309. The molecule has 0 spiro atoms. The van der Waals surface area contributed by atoms with Gasteiger partial charge in [-0.05, 0) is 66.7 Å². The van der Waals surface area contributed by atoms with Crippen LogP contribution >= 0.6 is 0 Å². The average molecular weight is 748 g/mol. The molecule has 0 radical (unpaired) electrons. The van der Waals surface area contributed by atoms with E-state index in [1.807, 2.05) is 6.92 Å². The summed E-state index contributed by atoms with van der Waals surface area (Å²) in [6, 6.07) is -0.192. The standard InChI is InChI=1S/C38H69NO13/c1-14-27-38(11,46)32(42)21(4)30(41)19(2)17-36(9,45)34(52-28-16-26(15-20(3)48-28)39(12)25(8)40)22(5)31(23(6)35(44)50-27)51-29-18-37(10,47-13)33(43)24(7)49-29/h19-24,26-34,41-43,45-46H,14-18H2,1-13H3/t19-,20?,21+,22+,23-,24?,26?,27-,28?,29?,30+,31+,32-,33?,34-,36+,37?,38-/m1/s1. The monoisotopic (exact) mass is 747 g/mol. The number of aliphatic hydroxyl groups is 5. The number of hydrogen-bond donors (Lipinski definition) is 5. The van der Waals surface area contributed by atoms with Crippen LogP contribution < -0.4 is 0 Å². The van der Waals surface area contributed by atoms with Crippen LogP contribution in [-0.2, 0) is 38.0 Å². The summed E-state index contributed by atoms with van der Waals surface area (Å²) in [5.41, 5.74) is -4.65. The summed E-state index contributed by atoms with van der Waals surface area (Å²) in [5, 5.41) is 57.9. The Hall–Kier alpha value is -1.46. The summed E-state index contributed by atoms with van der Waals surface area (Å²) in [5.74, 6) is -4.09. The fourth-order valence-corrected chi connectivity index (χ4v) is 8.69. The van der Waals surface area contributed by atoms with Crippen molar-refractivity contribution in [2.24, 2.45) is 23.7 Å². The smallest absolute Gasteiger partial charge is 0.311 e. The lowest BCUT2D eigenvalue weighted by Gasteiger charge is -2.49. The molecule has 14 nitrogen and oxygen atoms in total. The van der Waals surface area contributed by atoms with E-state index in [1.165, 1.54) is 21.0 Å². The molecule has 0 aromatic carbocycles. The number of nitrogens with zero attached hydrogens (tertiary/aromatic N) is 1. The minimum absolute atomic E-state index is 0.00488. The highest BCUT2D eigenvalue weighted by Gasteiger charge is 2.53. The SMILES string of the molecule is CC[C@H]1OC(=O)[C@H](C)[C@@H](OC2CC(C)(OC)C(O)C(C)O2)[C@H](C)[C@@H](OC2CC(N(C)C(C)=O)CC(C)O2)[C@@](C)(O)C[C@@H](C)[C@H](O)[C@H](C)[C@@H](O)[C@]1(C)O. The number of hydrogen-bond acceptors (Lipinski definition) is 13. The largest absolute Gasteiger partial charge is 0.459 e. The minimum atomic E-state index is -1.93. The van der Waals surface area contributed by atoms with Crippen molar-refractivity contribution in [3.63, 3.8) is 0 Å². The third kappa shape index (κ3) is 9.85. The summed E-state index contributed by atoms with van der Waals surface area (Å²) in [6.07, 6.45) is -8.46. The second kappa shape index (κ2) is 17.6. The van der Waals surface area contributed by atoms with Crippen molar-refractivity contribution >= 4 is 11.9 Å². The molecule has 0 saturated carbocycles. The highest BCUT2D eigenvalue weighted by Crippen LogP contribution is 2.41. The minimum Gasteiger partial charge on any atom is -0.459 e. The van der Waals surface area contributed by atoms with Crippen molar-refractivity contribution in [2.45, 2.75) is 193 Å². The van der Waals surface area contributed by atoms with Crippen LogP contribution in [0.25, 0.3) is 0 Å². The van der Waals surface area contributed by atoms with E-state index in [0.717, 1.165) is 0 Å². The predicted molar refractivity (Wildman–Crippen MR) is 191 cm³/mol. The van der Waals surface area contributed by atoms with Gasteiger partial charge in [0.25, 0.3) is 0 Å². The van der Waals surface area contributed by atoms with Gasteiger partial charge in [0.1, 0.15) is 17.8 Å². The highest BCUT2D eigenvalue weighted by molar-refractivity contribution is 5.73. The molecule has 0 bridgehead atoms. The average Bonchev–Trinajstić information content (AvgIpc) is 3.07. The molecule has 304 valence electrons. The first-order valence-corrected chi connectivity index (χ1v) is 19.0. The lowest BCUT2D eigenvalue weighted by Crippen LogP contribution is -2.60. The molecule has 0 aromatic heterocycles. The van der Waals surface area contributed by atoms with Gasteiger partial charge < -0.3 is 58.9 Å². The van der Waals surface area contributed by atoms with Gasteiger partial charge >= 0.3 is 5.97 Å². The Balaban J connectivity index is 2.16. The molecular formula is C38H69NO13. The van der Waals surface area contributed by atoms with E-state index in [-0.39, 0.29) is 37.3 Å². The first kappa shape index (κ1) is 44.9. The zero-order chi connectivity index (χ0) is 39.7. The molecular weight excluding hydrogens is 678 g/mol. The lowest BCUT2D eigenvalue weighted by atomic mass is 9.73. The molecule has 3 rings (SSSR count). The van der Waals surface area contributed by atoms with E-state index >= 15 is 0 Å². The van der Waals surface area contributed by atoms with E-state index in [9.17, 15) is 35.1 Å². The van der Waals surface area contributed by atoms with Gasteiger partial charge in [-0.25, -0.2) is 0 Å². The number of rotatable bonds is 7. The van der Waals surface area contributed by atoms with Crippen molar-refractivity contribution in [1.82, 2.24) is 4.90 Å². The third-order valence-corrected chi connectivity index (χ3v) is 12.3. The third-order valence-electron chi connectivity index (χ3n) is 12.3. The zero-order valence-electron chi connectivity index (χ0n) is 33.6. The van der Waals surface area contributed by atoms with Gasteiger partial charge in [-0.3, -0.25) is 9.59 Å². The Morgan fingerprint density at radius 1 is 0.904 bits per heavy atom. The quantitative estimate of drug-likeness (QED) is 0.239. The maximum Gasteiger partial charge on any atom is 0.311 e. The van der Waals surface area contributed by atoms with E-state index in [1.54, 1.807) is 67.3 Å². The van der Waals surface area contributed by atoms with Crippen molar-refractivity contribution in [3.05, 3.63) is 0 Å². The summed E-state index contributed by atoms with van der Waals surface area (Å²) in [7, 11) is 3.22. The number of carbonyl (C=O) groups excluding carboxylic acids is 2. The molecule has 3 saturated heterocycles. The number of carbonyl (C=O) groups is 2. The van der Waals surface area contributed by atoms with Crippen LogP contribution in [0.3, 0.4) is 0 Å². The van der Waals surface area contributed by atoms with Crippen LogP contribution in [0.15, 0.2) is 0 Å². The number of ether oxygens (including phenoxy) is 6. The normalized spacial score (nSPS) is 48.7. The van der Waals surface area contributed by atoms with Crippen molar-refractivity contribution in [1.29, 1.82) is 0 Å². The Morgan fingerprint density at radius 3 is 2.08 bits per heavy atom. The fourth-order valence-electron chi connectivity index (χ4n) is 8.69. The molecule has 5 N–H and O–H groups in total. The fraction of sp³-hybridized carbons (Fsp3) is 0.947. The van der Waals surface area contributed by atoms with Crippen LogP contribution in [0.1, 0.15) is 108 Å². The number of methoxy groups -OCH3 is 1. The van der Waals surface area contributed by atoms with Crippen LogP contribution in [0.2, 0.25) is 0 Å². The van der Waals surface area contributed by atoms with Crippen LogP contribution in [0.4, 0.5) is 0 Å². The first-order valence-electron chi connectivity index (χ1n) is 19.0. The van der Waals surface area contributed by atoms with Gasteiger partial charge in [0.05, 0.1) is 53.7 Å². The second-order valence-corrected chi connectivity index (χ2v) is 16.8.